The number of rotatable bonds is 9. The van der Waals surface area contributed by atoms with E-state index in [2.05, 4.69) is 39.8 Å². The Morgan fingerprint density at radius 3 is 2.41 bits per heavy atom. The predicted molar refractivity (Wildman–Crippen MR) is 95.9 cm³/mol. The first kappa shape index (κ1) is 19.1. The lowest BCUT2D eigenvalue weighted by molar-refractivity contribution is 0.0596. The van der Waals surface area contributed by atoms with E-state index >= 15 is 0 Å². The van der Waals surface area contributed by atoms with Crippen LogP contribution >= 0.6 is 11.8 Å². The molecule has 1 aromatic carbocycles. The zero-order valence-corrected chi connectivity index (χ0v) is 15.5. The lowest BCUT2D eigenvalue weighted by Gasteiger charge is -2.27. The highest BCUT2D eigenvalue weighted by Gasteiger charge is 2.24. The number of benzene rings is 1. The molecule has 1 aromatic rings. The average molecular weight is 323 g/mol. The van der Waals surface area contributed by atoms with Crippen molar-refractivity contribution in [1.29, 1.82) is 0 Å². The number of carbonyl (C=O) groups is 1. The number of hydrogen-bond acceptors (Lipinski definition) is 3. The van der Waals surface area contributed by atoms with Crippen LogP contribution in [0.1, 0.15) is 75.7 Å². The monoisotopic (exact) mass is 322 g/mol. The molecule has 0 saturated heterocycles. The predicted octanol–water partition coefficient (Wildman–Crippen LogP) is 5.88. The van der Waals surface area contributed by atoms with Gasteiger partial charge in [0.05, 0.1) is 12.7 Å². The Bertz CT molecular complexity index is 478. The smallest absolute Gasteiger partial charge is 0.339 e. The fraction of sp³-hybridized carbons (Fsp3) is 0.632. The van der Waals surface area contributed by atoms with Crippen LogP contribution in [0.4, 0.5) is 0 Å². The van der Waals surface area contributed by atoms with Crippen LogP contribution in [0.15, 0.2) is 23.1 Å². The van der Waals surface area contributed by atoms with E-state index in [-0.39, 0.29) is 10.7 Å². The summed E-state index contributed by atoms with van der Waals surface area (Å²) in [6.07, 6.45) is 6.80. The van der Waals surface area contributed by atoms with Crippen LogP contribution in [0.3, 0.4) is 0 Å². The van der Waals surface area contributed by atoms with Gasteiger partial charge in [-0.05, 0) is 43.4 Å². The average Bonchev–Trinajstić information content (AvgIpc) is 2.55. The number of carbonyl (C=O) groups excluding carboxylic acids is 1. The fourth-order valence-electron chi connectivity index (χ4n) is 2.33. The summed E-state index contributed by atoms with van der Waals surface area (Å²) < 4.78 is 5.15. The van der Waals surface area contributed by atoms with Gasteiger partial charge in [0.1, 0.15) is 0 Å². The van der Waals surface area contributed by atoms with E-state index in [4.69, 9.17) is 4.74 Å². The summed E-state index contributed by atoms with van der Waals surface area (Å²) in [5.41, 5.74) is 1.95. The van der Waals surface area contributed by atoms with E-state index in [0.717, 1.165) is 29.7 Å². The molecule has 1 rings (SSSR count). The second kappa shape index (κ2) is 9.24. The molecule has 0 aliphatic heterocycles. The summed E-state index contributed by atoms with van der Waals surface area (Å²) in [7, 11) is 1.46. The van der Waals surface area contributed by atoms with Crippen LogP contribution in [0.25, 0.3) is 0 Å². The molecule has 0 unspecified atom stereocenters. The second-order valence-electron chi connectivity index (χ2n) is 6.04. The minimum Gasteiger partial charge on any atom is -0.465 e. The van der Waals surface area contributed by atoms with Crippen molar-refractivity contribution in [1.82, 2.24) is 0 Å². The number of ether oxygens (including phenoxy) is 1. The highest BCUT2D eigenvalue weighted by molar-refractivity contribution is 8.00. The fourth-order valence-corrected chi connectivity index (χ4v) is 3.54. The first-order chi connectivity index (χ1) is 10.5. The van der Waals surface area contributed by atoms with Gasteiger partial charge in [-0.1, -0.05) is 46.6 Å². The van der Waals surface area contributed by atoms with E-state index in [1.54, 1.807) is 11.8 Å². The zero-order chi connectivity index (χ0) is 16.6. The van der Waals surface area contributed by atoms with Crippen molar-refractivity contribution in [2.24, 2.45) is 0 Å². The lowest BCUT2D eigenvalue weighted by atomic mass is 10.0. The van der Waals surface area contributed by atoms with Gasteiger partial charge in [0.25, 0.3) is 0 Å². The topological polar surface area (TPSA) is 26.3 Å². The molecule has 3 heteroatoms. The molecule has 0 aliphatic rings. The third-order valence-electron chi connectivity index (χ3n) is 4.37. The molecular formula is C19H30O2S. The van der Waals surface area contributed by atoms with Crippen molar-refractivity contribution < 1.29 is 9.53 Å². The maximum absolute atomic E-state index is 12.1. The quantitative estimate of drug-likeness (QED) is 0.323. The first-order valence-electron chi connectivity index (χ1n) is 8.39. The van der Waals surface area contributed by atoms with Gasteiger partial charge in [-0.25, -0.2) is 4.79 Å². The minimum absolute atomic E-state index is 0.159. The van der Waals surface area contributed by atoms with E-state index < -0.39 is 0 Å². The van der Waals surface area contributed by atoms with Crippen LogP contribution in [-0.2, 0) is 11.2 Å². The molecule has 0 spiro atoms. The van der Waals surface area contributed by atoms with Crippen LogP contribution < -0.4 is 0 Å². The number of methoxy groups -OCH3 is 1. The summed E-state index contributed by atoms with van der Waals surface area (Å²) in [5, 5.41) is 0. The molecule has 0 aromatic heterocycles. The lowest BCUT2D eigenvalue weighted by Crippen LogP contribution is -2.18. The minimum atomic E-state index is -0.227. The van der Waals surface area contributed by atoms with E-state index in [1.807, 2.05) is 6.07 Å². The van der Waals surface area contributed by atoms with Crippen molar-refractivity contribution in [2.75, 3.05) is 7.11 Å². The number of aryl methyl sites for hydroxylation is 1. The molecule has 124 valence electrons. The molecule has 0 aliphatic carbocycles. The van der Waals surface area contributed by atoms with Crippen LogP contribution in [0.2, 0.25) is 0 Å². The van der Waals surface area contributed by atoms with Crippen LogP contribution in [-0.4, -0.2) is 17.8 Å². The van der Waals surface area contributed by atoms with Gasteiger partial charge in [0, 0.05) is 9.64 Å². The highest BCUT2D eigenvalue weighted by atomic mass is 32.2. The number of unbranched alkanes of at least 4 members (excludes halogenated alkanes) is 2. The van der Waals surface area contributed by atoms with Gasteiger partial charge in [-0.2, -0.15) is 0 Å². The summed E-state index contributed by atoms with van der Waals surface area (Å²) in [5.74, 6) is -0.227. The number of hydrogen-bond donors (Lipinski definition) is 0. The highest BCUT2D eigenvalue weighted by Crippen LogP contribution is 2.40. The van der Waals surface area contributed by atoms with Crippen molar-refractivity contribution >= 4 is 17.7 Å². The molecule has 0 fully saturated rings. The molecule has 0 radical (unpaired) electrons. The third kappa shape index (κ3) is 5.35. The largest absolute Gasteiger partial charge is 0.465 e. The van der Waals surface area contributed by atoms with Crippen molar-refractivity contribution in [3.63, 3.8) is 0 Å². The molecular weight excluding hydrogens is 292 g/mol. The van der Waals surface area contributed by atoms with Crippen LogP contribution in [0, 0.1) is 0 Å². The molecule has 0 bridgehead atoms. The Morgan fingerprint density at radius 1 is 1.18 bits per heavy atom. The normalized spacial score (nSPS) is 11.5. The summed E-state index contributed by atoms with van der Waals surface area (Å²) in [6, 6.07) is 6.29. The summed E-state index contributed by atoms with van der Waals surface area (Å²) >= 11 is 1.80. The van der Waals surface area contributed by atoms with Gasteiger partial charge < -0.3 is 4.74 Å². The Balaban J connectivity index is 3.03. The van der Waals surface area contributed by atoms with E-state index in [1.165, 1.54) is 31.9 Å². The Morgan fingerprint density at radius 2 is 1.86 bits per heavy atom. The first-order valence-corrected chi connectivity index (χ1v) is 9.21. The van der Waals surface area contributed by atoms with E-state index in [0.29, 0.717) is 0 Å². The molecule has 0 saturated carbocycles. The van der Waals surface area contributed by atoms with E-state index in [9.17, 15) is 4.79 Å². The standard InChI is InChI=1S/C19H30O2S/c1-6-9-10-11-15-12-13-17(16(14-15)18(20)21-5)22-19(4,7-2)8-3/h12-14H,6-11H2,1-5H3. The Hall–Kier alpha value is -0.960. The SMILES string of the molecule is CCCCCc1ccc(SC(C)(CC)CC)c(C(=O)OC)c1. The van der Waals surface area contributed by atoms with Gasteiger partial charge in [0.15, 0.2) is 0 Å². The Labute approximate surface area is 140 Å². The van der Waals surface area contributed by atoms with Gasteiger partial charge in [-0.15, -0.1) is 11.8 Å². The molecule has 22 heavy (non-hydrogen) atoms. The molecule has 0 atom stereocenters. The van der Waals surface area contributed by atoms with Gasteiger partial charge in [-0.3, -0.25) is 0 Å². The molecule has 0 heterocycles. The maximum atomic E-state index is 12.1. The van der Waals surface area contributed by atoms with Crippen molar-refractivity contribution in [3.8, 4) is 0 Å². The van der Waals surface area contributed by atoms with Gasteiger partial charge >= 0.3 is 5.97 Å². The zero-order valence-electron chi connectivity index (χ0n) is 14.7. The van der Waals surface area contributed by atoms with Crippen LogP contribution in [0.5, 0.6) is 0 Å². The van der Waals surface area contributed by atoms with Gasteiger partial charge in [0.2, 0.25) is 0 Å². The summed E-state index contributed by atoms with van der Waals surface area (Å²) in [4.78, 5) is 13.2. The second-order valence-corrected chi connectivity index (χ2v) is 7.67. The number of esters is 1. The molecule has 0 amide bonds. The summed E-state index contributed by atoms with van der Waals surface area (Å²) in [6.45, 7) is 8.87. The third-order valence-corrected chi connectivity index (χ3v) is 6.02. The van der Waals surface area contributed by atoms with Crippen molar-refractivity contribution in [2.45, 2.75) is 75.9 Å². The maximum Gasteiger partial charge on any atom is 0.339 e. The molecule has 2 nitrogen and oxygen atoms in total. The molecule has 0 N–H and O–H groups in total. The Kier molecular flexibility index (Phi) is 8.02. The van der Waals surface area contributed by atoms with Crippen molar-refractivity contribution in [3.05, 3.63) is 29.3 Å². The number of thioether (sulfide) groups is 1.